The lowest BCUT2D eigenvalue weighted by Gasteiger charge is -2.04. The summed E-state index contributed by atoms with van der Waals surface area (Å²) < 4.78 is 5.13. The Morgan fingerprint density at radius 3 is 2.47 bits per heavy atom. The standard InChI is InChI=1S/C16H14O3/c1-19-14-9-5-6-12(10-14)11-15(16(17)18)13-7-3-2-4-8-13/h2-11H,1H3,(H,17,18)/b15-11-. The highest BCUT2D eigenvalue weighted by Crippen LogP contribution is 2.21. The van der Waals surface area contributed by atoms with Gasteiger partial charge in [-0.05, 0) is 29.3 Å². The van der Waals surface area contributed by atoms with Crippen LogP contribution in [-0.4, -0.2) is 18.2 Å². The van der Waals surface area contributed by atoms with Gasteiger partial charge in [0.25, 0.3) is 0 Å². The van der Waals surface area contributed by atoms with Crippen molar-refractivity contribution in [3.8, 4) is 5.75 Å². The number of rotatable bonds is 4. The van der Waals surface area contributed by atoms with Crippen LogP contribution in [0.4, 0.5) is 0 Å². The number of aliphatic carboxylic acids is 1. The molecule has 2 aromatic carbocycles. The Kier molecular flexibility index (Phi) is 3.98. The van der Waals surface area contributed by atoms with Crippen molar-refractivity contribution in [3.05, 3.63) is 65.7 Å². The van der Waals surface area contributed by atoms with Crippen LogP contribution in [0.2, 0.25) is 0 Å². The Hall–Kier alpha value is -2.55. The minimum absolute atomic E-state index is 0.258. The van der Waals surface area contributed by atoms with E-state index in [0.717, 1.165) is 5.56 Å². The van der Waals surface area contributed by atoms with Crippen molar-refractivity contribution >= 4 is 17.6 Å². The second-order valence-corrected chi connectivity index (χ2v) is 4.01. The number of hydrogen-bond donors (Lipinski definition) is 1. The number of ether oxygens (including phenoxy) is 1. The van der Waals surface area contributed by atoms with Crippen molar-refractivity contribution in [1.29, 1.82) is 0 Å². The lowest BCUT2D eigenvalue weighted by atomic mass is 10.0. The number of carbonyl (C=O) groups is 1. The zero-order valence-electron chi connectivity index (χ0n) is 10.5. The monoisotopic (exact) mass is 254 g/mol. The minimum atomic E-state index is -0.950. The minimum Gasteiger partial charge on any atom is -0.497 e. The number of methoxy groups -OCH3 is 1. The van der Waals surface area contributed by atoms with E-state index in [1.807, 2.05) is 36.4 Å². The molecule has 0 aliphatic rings. The van der Waals surface area contributed by atoms with Gasteiger partial charge >= 0.3 is 5.97 Å². The second-order valence-electron chi connectivity index (χ2n) is 4.01. The molecule has 2 rings (SSSR count). The fourth-order valence-corrected chi connectivity index (χ4v) is 1.78. The van der Waals surface area contributed by atoms with E-state index >= 15 is 0 Å². The van der Waals surface area contributed by atoms with Gasteiger partial charge in [0.2, 0.25) is 0 Å². The quantitative estimate of drug-likeness (QED) is 0.672. The summed E-state index contributed by atoms with van der Waals surface area (Å²) in [4.78, 5) is 11.4. The van der Waals surface area contributed by atoms with E-state index in [9.17, 15) is 9.90 Å². The maximum Gasteiger partial charge on any atom is 0.336 e. The van der Waals surface area contributed by atoms with Gasteiger partial charge in [-0.3, -0.25) is 0 Å². The summed E-state index contributed by atoms with van der Waals surface area (Å²) in [5.41, 5.74) is 1.73. The molecule has 0 fully saturated rings. The summed E-state index contributed by atoms with van der Waals surface area (Å²) in [5, 5.41) is 9.31. The molecular weight excluding hydrogens is 240 g/mol. The lowest BCUT2D eigenvalue weighted by Crippen LogP contribution is -1.99. The Morgan fingerprint density at radius 1 is 1.11 bits per heavy atom. The Balaban J connectivity index is 2.44. The first kappa shape index (κ1) is 12.9. The van der Waals surface area contributed by atoms with Crippen LogP contribution in [0.1, 0.15) is 11.1 Å². The van der Waals surface area contributed by atoms with Crippen molar-refractivity contribution < 1.29 is 14.6 Å². The van der Waals surface area contributed by atoms with Gasteiger partial charge in [0.1, 0.15) is 5.75 Å². The second kappa shape index (κ2) is 5.87. The molecule has 0 bridgehead atoms. The summed E-state index contributed by atoms with van der Waals surface area (Å²) in [7, 11) is 1.58. The average Bonchev–Trinajstić information content (AvgIpc) is 2.45. The third-order valence-electron chi connectivity index (χ3n) is 2.72. The van der Waals surface area contributed by atoms with Crippen molar-refractivity contribution in [2.45, 2.75) is 0 Å². The Morgan fingerprint density at radius 2 is 1.84 bits per heavy atom. The predicted octanol–water partition coefficient (Wildman–Crippen LogP) is 3.32. The maximum absolute atomic E-state index is 11.4. The lowest BCUT2D eigenvalue weighted by molar-refractivity contribution is -0.130. The van der Waals surface area contributed by atoms with Crippen LogP contribution < -0.4 is 4.74 Å². The van der Waals surface area contributed by atoms with E-state index in [1.165, 1.54) is 0 Å². The van der Waals surface area contributed by atoms with Gasteiger partial charge in [0, 0.05) is 0 Å². The van der Waals surface area contributed by atoms with Gasteiger partial charge in [-0.2, -0.15) is 0 Å². The van der Waals surface area contributed by atoms with Gasteiger partial charge in [-0.25, -0.2) is 4.79 Å². The molecule has 3 nitrogen and oxygen atoms in total. The zero-order valence-corrected chi connectivity index (χ0v) is 10.5. The molecular formula is C16H14O3. The summed E-state index contributed by atoms with van der Waals surface area (Å²) in [5.74, 6) is -0.249. The maximum atomic E-state index is 11.4. The third-order valence-corrected chi connectivity index (χ3v) is 2.72. The first-order valence-corrected chi connectivity index (χ1v) is 5.85. The van der Waals surface area contributed by atoms with E-state index in [4.69, 9.17) is 4.74 Å². The molecule has 96 valence electrons. The smallest absolute Gasteiger partial charge is 0.336 e. The summed E-state index contributed by atoms with van der Waals surface area (Å²) in [6.45, 7) is 0. The summed E-state index contributed by atoms with van der Waals surface area (Å²) >= 11 is 0. The summed E-state index contributed by atoms with van der Waals surface area (Å²) in [6, 6.07) is 16.3. The first-order valence-electron chi connectivity index (χ1n) is 5.85. The highest BCUT2D eigenvalue weighted by atomic mass is 16.5. The van der Waals surface area contributed by atoms with Crippen molar-refractivity contribution in [3.63, 3.8) is 0 Å². The van der Waals surface area contributed by atoms with Crippen molar-refractivity contribution in [1.82, 2.24) is 0 Å². The number of hydrogen-bond acceptors (Lipinski definition) is 2. The van der Waals surface area contributed by atoms with E-state index in [0.29, 0.717) is 11.3 Å². The Bertz CT molecular complexity index is 600. The van der Waals surface area contributed by atoms with Crippen LogP contribution in [0.3, 0.4) is 0 Å². The highest BCUT2D eigenvalue weighted by Gasteiger charge is 2.09. The normalized spacial score (nSPS) is 11.1. The first-order chi connectivity index (χ1) is 9.20. The van der Waals surface area contributed by atoms with Gasteiger partial charge in [-0.15, -0.1) is 0 Å². The molecule has 0 atom stereocenters. The van der Waals surface area contributed by atoms with Crippen LogP contribution in [0.25, 0.3) is 11.6 Å². The van der Waals surface area contributed by atoms with E-state index in [2.05, 4.69) is 0 Å². The van der Waals surface area contributed by atoms with Gasteiger partial charge < -0.3 is 9.84 Å². The van der Waals surface area contributed by atoms with Gasteiger partial charge in [0.05, 0.1) is 12.7 Å². The topological polar surface area (TPSA) is 46.5 Å². The molecule has 0 aliphatic carbocycles. The molecule has 19 heavy (non-hydrogen) atoms. The zero-order chi connectivity index (χ0) is 13.7. The molecule has 0 aliphatic heterocycles. The van der Waals surface area contributed by atoms with Crippen LogP contribution in [0.15, 0.2) is 54.6 Å². The molecule has 0 aromatic heterocycles. The highest BCUT2D eigenvalue weighted by molar-refractivity contribution is 6.20. The fourth-order valence-electron chi connectivity index (χ4n) is 1.78. The molecule has 0 saturated heterocycles. The van der Waals surface area contributed by atoms with Crippen LogP contribution in [-0.2, 0) is 4.79 Å². The molecule has 0 saturated carbocycles. The molecule has 0 unspecified atom stereocenters. The molecule has 0 heterocycles. The van der Waals surface area contributed by atoms with E-state index in [1.54, 1.807) is 31.4 Å². The van der Waals surface area contributed by atoms with Gasteiger partial charge in [-0.1, -0.05) is 42.5 Å². The number of benzene rings is 2. The SMILES string of the molecule is COc1cccc(/C=C(\C(=O)O)c2ccccc2)c1. The summed E-state index contributed by atoms with van der Waals surface area (Å²) in [6.07, 6.45) is 1.64. The number of carboxylic acids is 1. The fraction of sp³-hybridized carbons (Fsp3) is 0.0625. The van der Waals surface area contributed by atoms with E-state index < -0.39 is 5.97 Å². The van der Waals surface area contributed by atoms with Crippen LogP contribution >= 0.6 is 0 Å². The number of carboxylic acid groups (broad SMARTS) is 1. The van der Waals surface area contributed by atoms with E-state index in [-0.39, 0.29) is 5.57 Å². The molecule has 1 N–H and O–H groups in total. The molecule has 0 amide bonds. The van der Waals surface area contributed by atoms with Crippen LogP contribution in [0, 0.1) is 0 Å². The van der Waals surface area contributed by atoms with Crippen molar-refractivity contribution in [2.24, 2.45) is 0 Å². The predicted molar refractivity (Wildman–Crippen MR) is 74.9 cm³/mol. The van der Waals surface area contributed by atoms with Crippen LogP contribution in [0.5, 0.6) is 5.75 Å². The van der Waals surface area contributed by atoms with Gasteiger partial charge in [0.15, 0.2) is 0 Å². The molecule has 2 aromatic rings. The largest absolute Gasteiger partial charge is 0.497 e. The Labute approximate surface area is 111 Å². The van der Waals surface area contributed by atoms with Crippen molar-refractivity contribution in [2.75, 3.05) is 7.11 Å². The molecule has 0 spiro atoms. The molecule has 0 radical (unpaired) electrons. The average molecular weight is 254 g/mol. The molecule has 3 heteroatoms. The third kappa shape index (κ3) is 3.22.